The molecule has 1 aromatic carbocycles. The van der Waals surface area contributed by atoms with Gasteiger partial charge in [-0.05, 0) is 44.2 Å². The first kappa shape index (κ1) is 13.1. The van der Waals surface area contributed by atoms with E-state index in [0.29, 0.717) is 0 Å². The highest BCUT2D eigenvalue weighted by Gasteiger charge is 2.32. The molecule has 0 fully saturated rings. The standard InChI is InChI=1S/C17H22O/c1-14(2)16-12-8-5-9-13-18-17(16,3)15-10-6-4-7-11-15/h4,6-7,10-12H,1,5,8-9,13H2,2-3H3/b16-12-. The lowest BCUT2D eigenvalue weighted by Crippen LogP contribution is -2.30. The van der Waals surface area contributed by atoms with Crippen LogP contribution in [0, 0.1) is 0 Å². The largest absolute Gasteiger partial charge is 0.366 e. The maximum absolute atomic E-state index is 6.20. The van der Waals surface area contributed by atoms with Gasteiger partial charge in [-0.1, -0.05) is 48.6 Å². The van der Waals surface area contributed by atoms with E-state index in [1.165, 1.54) is 17.6 Å². The fourth-order valence-electron chi connectivity index (χ4n) is 2.62. The maximum atomic E-state index is 6.20. The highest BCUT2D eigenvalue weighted by Crippen LogP contribution is 2.38. The second-order valence-corrected chi connectivity index (χ2v) is 5.14. The summed E-state index contributed by atoms with van der Waals surface area (Å²) in [6, 6.07) is 10.5. The van der Waals surface area contributed by atoms with Crippen molar-refractivity contribution in [3.05, 3.63) is 59.7 Å². The first-order chi connectivity index (χ1) is 8.64. The van der Waals surface area contributed by atoms with Crippen LogP contribution in [-0.2, 0) is 10.3 Å². The molecule has 1 nitrogen and oxygen atoms in total. The van der Waals surface area contributed by atoms with E-state index in [1.54, 1.807) is 0 Å². The molecule has 0 bridgehead atoms. The van der Waals surface area contributed by atoms with Crippen LogP contribution in [0.3, 0.4) is 0 Å². The molecule has 0 N–H and O–H groups in total. The number of benzene rings is 1. The monoisotopic (exact) mass is 242 g/mol. The zero-order valence-corrected chi connectivity index (χ0v) is 11.4. The van der Waals surface area contributed by atoms with Crippen LogP contribution in [0.2, 0.25) is 0 Å². The Kier molecular flexibility index (Phi) is 4.03. The number of rotatable bonds is 2. The predicted octanol–water partition coefficient (Wildman–Crippen LogP) is 4.60. The van der Waals surface area contributed by atoms with E-state index in [1.807, 2.05) is 6.07 Å². The van der Waals surface area contributed by atoms with Gasteiger partial charge in [0.25, 0.3) is 0 Å². The number of ether oxygens (including phenoxy) is 1. The molecule has 0 aromatic heterocycles. The molecule has 96 valence electrons. The molecule has 0 saturated carbocycles. The van der Waals surface area contributed by atoms with E-state index in [-0.39, 0.29) is 5.60 Å². The van der Waals surface area contributed by atoms with Gasteiger partial charge in [0.1, 0.15) is 5.60 Å². The summed E-state index contributed by atoms with van der Waals surface area (Å²) in [6.07, 6.45) is 5.74. The van der Waals surface area contributed by atoms with Crippen LogP contribution in [0.4, 0.5) is 0 Å². The molecule has 0 amide bonds. The van der Waals surface area contributed by atoms with Crippen molar-refractivity contribution in [3.63, 3.8) is 0 Å². The van der Waals surface area contributed by atoms with Crippen LogP contribution in [0.25, 0.3) is 0 Å². The SMILES string of the molecule is C=C(C)/C1=C/CCCCOC1(C)c1ccccc1. The van der Waals surface area contributed by atoms with Gasteiger partial charge in [0.05, 0.1) is 0 Å². The molecule has 1 aliphatic rings. The van der Waals surface area contributed by atoms with E-state index in [9.17, 15) is 0 Å². The van der Waals surface area contributed by atoms with Gasteiger partial charge in [-0.2, -0.15) is 0 Å². The van der Waals surface area contributed by atoms with Crippen molar-refractivity contribution in [2.75, 3.05) is 6.61 Å². The van der Waals surface area contributed by atoms with Gasteiger partial charge in [0.2, 0.25) is 0 Å². The molecule has 2 rings (SSSR count). The number of allylic oxidation sites excluding steroid dienone is 1. The summed E-state index contributed by atoms with van der Waals surface area (Å²) < 4.78 is 6.20. The fraction of sp³-hybridized carbons (Fsp3) is 0.412. The maximum Gasteiger partial charge on any atom is 0.115 e. The average Bonchev–Trinajstić information content (AvgIpc) is 2.35. The lowest BCUT2D eigenvalue weighted by atomic mass is 9.83. The normalized spacial score (nSPS) is 27.8. The van der Waals surface area contributed by atoms with E-state index in [4.69, 9.17) is 4.74 Å². The molecule has 0 aliphatic carbocycles. The van der Waals surface area contributed by atoms with Crippen LogP contribution in [0.1, 0.15) is 38.7 Å². The molecule has 1 heteroatoms. The summed E-state index contributed by atoms with van der Waals surface area (Å²) in [5.74, 6) is 0. The van der Waals surface area contributed by atoms with Crippen LogP contribution in [0.15, 0.2) is 54.1 Å². The topological polar surface area (TPSA) is 9.23 Å². The second kappa shape index (κ2) is 5.53. The number of hydrogen-bond donors (Lipinski definition) is 0. The first-order valence-electron chi connectivity index (χ1n) is 6.70. The Hall–Kier alpha value is -1.34. The van der Waals surface area contributed by atoms with Gasteiger partial charge in [-0.3, -0.25) is 0 Å². The van der Waals surface area contributed by atoms with Crippen molar-refractivity contribution in [1.82, 2.24) is 0 Å². The summed E-state index contributed by atoms with van der Waals surface area (Å²) >= 11 is 0. The average molecular weight is 242 g/mol. The summed E-state index contributed by atoms with van der Waals surface area (Å²) in [6.45, 7) is 9.17. The Bertz CT molecular complexity index is 444. The molecule has 0 spiro atoms. The number of hydrogen-bond acceptors (Lipinski definition) is 1. The Labute approximate surface area is 110 Å². The third kappa shape index (κ3) is 2.56. The zero-order chi connectivity index (χ0) is 13.0. The van der Waals surface area contributed by atoms with Crippen molar-refractivity contribution in [1.29, 1.82) is 0 Å². The lowest BCUT2D eigenvalue weighted by molar-refractivity contribution is -0.00977. The van der Waals surface area contributed by atoms with Crippen LogP contribution in [-0.4, -0.2) is 6.61 Å². The summed E-state index contributed by atoms with van der Waals surface area (Å²) in [4.78, 5) is 0. The van der Waals surface area contributed by atoms with Gasteiger partial charge >= 0.3 is 0 Å². The van der Waals surface area contributed by atoms with Crippen molar-refractivity contribution in [2.24, 2.45) is 0 Å². The van der Waals surface area contributed by atoms with Gasteiger partial charge in [0, 0.05) is 6.61 Å². The van der Waals surface area contributed by atoms with Crippen LogP contribution < -0.4 is 0 Å². The minimum atomic E-state index is -0.354. The van der Waals surface area contributed by atoms with Crippen LogP contribution in [0.5, 0.6) is 0 Å². The highest BCUT2D eigenvalue weighted by atomic mass is 16.5. The van der Waals surface area contributed by atoms with Crippen LogP contribution >= 0.6 is 0 Å². The molecular weight excluding hydrogens is 220 g/mol. The Morgan fingerprint density at radius 3 is 2.61 bits per heavy atom. The van der Waals surface area contributed by atoms with Crippen molar-refractivity contribution in [3.8, 4) is 0 Å². The van der Waals surface area contributed by atoms with E-state index >= 15 is 0 Å². The third-order valence-electron chi connectivity index (χ3n) is 3.64. The van der Waals surface area contributed by atoms with Gasteiger partial charge in [0.15, 0.2) is 0 Å². The Morgan fingerprint density at radius 2 is 1.94 bits per heavy atom. The summed E-state index contributed by atoms with van der Waals surface area (Å²) in [7, 11) is 0. The smallest absolute Gasteiger partial charge is 0.115 e. The highest BCUT2D eigenvalue weighted by molar-refractivity contribution is 5.42. The molecule has 0 radical (unpaired) electrons. The van der Waals surface area contributed by atoms with Crippen molar-refractivity contribution < 1.29 is 4.74 Å². The third-order valence-corrected chi connectivity index (χ3v) is 3.64. The molecule has 1 atom stereocenters. The minimum absolute atomic E-state index is 0.354. The summed E-state index contributed by atoms with van der Waals surface area (Å²) in [5, 5.41) is 0. The lowest BCUT2D eigenvalue weighted by Gasteiger charge is -2.35. The molecule has 1 aromatic rings. The van der Waals surface area contributed by atoms with Gasteiger partial charge in [-0.15, -0.1) is 0 Å². The summed E-state index contributed by atoms with van der Waals surface area (Å²) in [5.41, 5.74) is 3.19. The predicted molar refractivity (Wildman–Crippen MR) is 76.5 cm³/mol. The minimum Gasteiger partial charge on any atom is -0.366 e. The molecule has 0 saturated heterocycles. The molecular formula is C17H22O. The Balaban J connectivity index is 2.47. The quantitative estimate of drug-likeness (QED) is 0.736. The molecule has 18 heavy (non-hydrogen) atoms. The Morgan fingerprint density at radius 1 is 1.22 bits per heavy atom. The van der Waals surface area contributed by atoms with Gasteiger partial charge in [-0.25, -0.2) is 0 Å². The van der Waals surface area contributed by atoms with Crippen molar-refractivity contribution in [2.45, 2.75) is 38.7 Å². The second-order valence-electron chi connectivity index (χ2n) is 5.14. The van der Waals surface area contributed by atoms with Crippen molar-refractivity contribution >= 4 is 0 Å². The molecule has 1 aliphatic heterocycles. The van der Waals surface area contributed by atoms with E-state index < -0.39 is 0 Å². The fourth-order valence-corrected chi connectivity index (χ4v) is 2.62. The zero-order valence-electron chi connectivity index (χ0n) is 11.4. The van der Waals surface area contributed by atoms with E-state index in [2.05, 4.69) is 50.8 Å². The van der Waals surface area contributed by atoms with E-state index in [0.717, 1.165) is 25.0 Å². The molecule has 1 unspecified atom stereocenters. The first-order valence-corrected chi connectivity index (χ1v) is 6.70. The van der Waals surface area contributed by atoms with Gasteiger partial charge < -0.3 is 4.74 Å². The molecule has 1 heterocycles.